The molecule has 0 spiro atoms. The van der Waals surface area contributed by atoms with Crippen LogP contribution in [0.5, 0.6) is 0 Å². The molecule has 0 aromatic rings. The number of allylic oxidation sites excluding steroid dienone is 1. The minimum Gasteiger partial charge on any atom is -0.366 e. The maximum Gasteiger partial charge on any atom is 0.244 e. The first kappa shape index (κ1) is 11.2. The van der Waals surface area contributed by atoms with Gasteiger partial charge in [-0.3, -0.25) is 4.79 Å². The molecule has 0 aromatic heterocycles. The lowest BCUT2D eigenvalue weighted by Crippen LogP contribution is -2.29. The lowest BCUT2D eigenvalue weighted by atomic mass is 9.85. The summed E-state index contributed by atoms with van der Waals surface area (Å²) in [5.41, 5.74) is 5.89. The Balaban J connectivity index is 2.42. The standard InChI is InChI=1S/C11H20N2O/c1-8(11(12)14)7-9-3-5-10(13-2)6-4-9/h7,9-10,13H,3-6H2,1-2H3,(H2,12,14)/b8-7+. The molecule has 1 saturated carbocycles. The third-order valence-electron chi connectivity index (χ3n) is 3.05. The van der Waals surface area contributed by atoms with Crippen LogP contribution in [0, 0.1) is 5.92 Å². The van der Waals surface area contributed by atoms with Gasteiger partial charge in [0.1, 0.15) is 0 Å². The van der Waals surface area contributed by atoms with Crippen molar-refractivity contribution >= 4 is 5.91 Å². The zero-order valence-corrected chi connectivity index (χ0v) is 9.05. The van der Waals surface area contributed by atoms with Gasteiger partial charge in [0.2, 0.25) is 5.91 Å². The molecule has 0 aliphatic heterocycles. The van der Waals surface area contributed by atoms with Crippen LogP contribution < -0.4 is 11.1 Å². The van der Waals surface area contributed by atoms with Crippen molar-refractivity contribution in [2.45, 2.75) is 38.6 Å². The summed E-state index contributed by atoms with van der Waals surface area (Å²) in [7, 11) is 2.01. The Morgan fingerprint density at radius 3 is 2.36 bits per heavy atom. The van der Waals surface area contributed by atoms with Gasteiger partial charge in [-0.1, -0.05) is 6.08 Å². The largest absolute Gasteiger partial charge is 0.366 e. The highest BCUT2D eigenvalue weighted by atomic mass is 16.1. The average Bonchev–Trinajstić information content (AvgIpc) is 2.19. The van der Waals surface area contributed by atoms with Crippen molar-refractivity contribution in [3.05, 3.63) is 11.6 Å². The number of rotatable bonds is 3. The number of hydrogen-bond donors (Lipinski definition) is 2. The van der Waals surface area contributed by atoms with Crippen LogP contribution in [0.4, 0.5) is 0 Å². The van der Waals surface area contributed by atoms with Gasteiger partial charge in [0.05, 0.1) is 0 Å². The highest BCUT2D eigenvalue weighted by molar-refractivity contribution is 5.91. The Morgan fingerprint density at radius 1 is 1.36 bits per heavy atom. The summed E-state index contributed by atoms with van der Waals surface area (Å²) in [6.45, 7) is 1.80. The Hall–Kier alpha value is -0.830. The summed E-state index contributed by atoms with van der Waals surface area (Å²) < 4.78 is 0. The van der Waals surface area contributed by atoms with E-state index < -0.39 is 0 Å². The van der Waals surface area contributed by atoms with E-state index in [9.17, 15) is 4.79 Å². The molecule has 3 nitrogen and oxygen atoms in total. The molecular weight excluding hydrogens is 176 g/mol. The number of primary amides is 1. The van der Waals surface area contributed by atoms with E-state index in [1.165, 1.54) is 12.8 Å². The molecule has 0 heterocycles. The maximum absolute atomic E-state index is 10.8. The number of amides is 1. The average molecular weight is 196 g/mol. The molecule has 0 bridgehead atoms. The van der Waals surface area contributed by atoms with Crippen molar-refractivity contribution < 1.29 is 4.79 Å². The molecule has 1 amide bonds. The summed E-state index contributed by atoms with van der Waals surface area (Å²) >= 11 is 0. The Bertz CT molecular complexity index is 227. The second-order valence-corrected chi connectivity index (χ2v) is 4.11. The Morgan fingerprint density at radius 2 is 1.93 bits per heavy atom. The first-order valence-electron chi connectivity index (χ1n) is 5.29. The molecule has 14 heavy (non-hydrogen) atoms. The molecule has 0 aromatic carbocycles. The molecule has 0 saturated heterocycles. The number of nitrogens with one attached hydrogen (secondary N) is 1. The topological polar surface area (TPSA) is 55.1 Å². The number of carbonyl (C=O) groups excluding carboxylic acids is 1. The minimum absolute atomic E-state index is 0.291. The maximum atomic E-state index is 10.8. The molecular formula is C11H20N2O. The molecule has 1 rings (SSSR count). The van der Waals surface area contributed by atoms with Gasteiger partial charge >= 0.3 is 0 Å². The van der Waals surface area contributed by atoms with Gasteiger partial charge in [0, 0.05) is 11.6 Å². The van der Waals surface area contributed by atoms with Crippen LogP contribution in [0.25, 0.3) is 0 Å². The predicted octanol–water partition coefficient (Wildman–Crippen LogP) is 1.20. The van der Waals surface area contributed by atoms with Gasteiger partial charge in [-0.25, -0.2) is 0 Å². The van der Waals surface area contributed by atoms with E-state index in [1.807, 2.05) is 13.1 Å². The van der Waals surface area contributed by atoms with E-state index in [0.29, 0.717) is 17.5 Å². The fourth-order valence-electron chi connectivity index (χ4n) is 2.01. The lowest BCUT2D eigenvalue weighted by molar-refractivity contribution is -0.114. The molecule has 0 atom stereocenters. The van der Waals surface area contributed by atoms with Gasteiger partial charge in [0.15, 0.2) is 0 Å². The van der Waals surface area contributed by atoms with Crippen LogP contribution in [-0.2, 0) is 4.79 Å². The van der Waals surface area contributed by atoms with Crippen molar-refractivity contribution in [3.63, 3.8) is 0 Å². The van der Waals surface area contributed by atoms with Gasteiger partial charge in [0.25, 0.3) is 0 Å². The summed E-state index contributed by atoms with van der Waals surface area (Å²) in [5, 5.41) is 3.29. The van der Waals surface area contributed by atoms with Crippen molar-refractivity contribution in [3.8, 4) is 0 Å². The highest BCUT2D eigenvalue weighted by Crippen LogP contribution is 2.25. The quantitative estimate of drug-likeness (QED) is 0.666. The zero-order valence-electron chi connectivity index (χ0n) is 9.05. The third kappa shape index (κ3) is 3.14. The fraction of sp³-hybridized carbons (Fsp3) is 0.727. The predicted molar refractivity (Wildman–Crippen MR) is 57.8 cm³/mol. The van der Waals surface area contributed by atoms with Crippen LogP contribution in [0.1, 0.15) is 32.6 Å². The summed E-state index contributed by atoms with van der Waals surface area (Å²) in [4.78, 5) is 10.8. The van der Waals surface area contributed by atoms with E-state index in [0.717, 1.165) is 12.8 Å². The zero-order chi connectivity index (χ0) is 10.6. The van der Waals surface area contributed by atoms with E-state index in [-0.39, 0.29) is 5.91 Å². The van der Waals surface area contributed by atoms with Crippen LogP contribution in [0.15, 0.2) is 11.6 Å². The van der Waals surface area contributed by atoms with Gasteiger partial charge in [-0.15, -0.1) is 0 Å². The molecule has 3 N–H and O–H groups in total. The molecule has 1 fully saturated rings. The van der Waals surface area contributed by atoms with Crippen LogP contribution in [-0.4, -0.2) is 19.0 Å². The molecule has 80 valence electrons. The summed E-state index contributed by atoms with van der Waals surface area (Å²) in [5.74, 6) is 0.257. The number of hydrogen-bond acceptors (Lipinski definition) is 2. The second kappa shape index (κ2) is 5.15. The third-order valence-corrected chi connectivity index (χ3v) is 3.05. The SMILES string of the molecule is CNC1CCC(/C=C(\C)C(N)=O)CC1. The lowest BCUT2D eigenvalue weighted by Gasteiger charge is -2.26. The van der Waals surface area contributed by atoms with Gasteiger partial charge < -0.3 is 11.1 Å². The molecule has 1 aliphatic rings. The molecule has 0 radical (unpaired) electrons. The van der Waals surface area contributed by atoms with Crippen molar-refractivity contribution in [2.75, 3.05) is 7.05 Å². The number of carbonyl (C=O) groups is 1. The fourth-order valence-corrected chi connectivity index (χ4v) is 2.01. The number of nitrogens with two attached hydrogens (primary N) is 1. The first-order valence-corrected chi connectivity index (χ1v) is 5.29. The summed E-state index contributed by atoms with van der Waals surface area (Å²) in [6.07, 6.45) is 6.76. The molecule has 0 unspecified atom stereocenters. The summed E-state index contributed by atoms with van der Waals surface area (Å²) in [6, 6.07) is 0.661. The molecule has 3 heteroatoms. The van der Waals surface area contributed by atoms with Crippen LogP contribution in [0.2, 0.25) is 0 Å². The Labute approximate surface area is 85.7 Å². The van der Waals surface area contributed by atoms with Gasteiger partial charge in [-0.05, 0) is 45.6 Å². The van der Waals surface area contributed by atoms with E-state index in [2.05, 4.69) is 5.32 Å². The van der Waals surface area contributed by atoms with Crippen molar-refractivity contribution in [1.29, 1.82) is 0 Å². The van der Waals surface area contributed by atoms with Crippen molar-refractivity contribution in [1.82, 2.24) is 5.32 Å². The smallest absolute Gasteiger partial charge is 0.244 e. The van der Waals surface area contributed by atoms with Gasteiger partial charge in [-0.2, -0.15) is 0 Å². The van der Waals surface area contributed by atoms with E-state index >= 15 is 0 Å². The highest BCUT2D eigenvalue weighted by Gasteiger charge is 2.18. The van der Waals surface area contributed by atoms with Crippen molar-refractivity contribution in [2.24, 2.45) is 11.7 Å². The van der Waals surface area contributed by atoms with Crippen LogP contribution >= 0.6 is 0 Å². The second-order valence-electron chi connectivity index (χ2n) is 4.11. The van der Waals surface area contributed by atoms with E-state index in [1.54, 1.807) is 6.92 Å². The van der Waals surface area contributed by atoms with E-state index in [4.69, 9.17) is 5.73 Å². The minimum atomic E-state index is -0.291. The normalized spacial score (nSPS) is 28.9. The monoisotopic (exact) mass is 196 g/mol. The molecule has 1 aliphatic carbocycles. The Kier molecular flexibility index (Phi) is 4.14. The first-order chi connectivity index (χ1) is 6.63. The van der Waals surface area contributed by atoms with Crippen LogP contribution in [0.3, 0.4) is 0 Å².